The molecule has 0 spiro atoms. The molecule has 0 aliphatic carbocycles. The highest BCUT2D eigenvalue weighted by Gasteiger charge is 2.37. The maximum absolute atomic E-state index is 14.1. The average molecular weight is 511 g/mol. The number of benzene rings is 1. The highest BCUT2D eigenvalue weighted by Crippen LogP contribution is 2.37. The number of carbonyl (C=O) groups excluding carboxylic acids is 1. The van der Waals surface area contributed by atoms with Crippen molar-refractivity contribution in [2.24, 2.45) is 0 Å². The van der Waals surface area contributed by atoms with E-state index in [4.69, 9.17) is 16.0 Å². The number of rotatable bonds is 3. The van der Waals surface area contributed by atoms with E-state index < -0.39 is 34.9 Å². The Morgan fingerprint density at radius 2 is 1.77 bits per heavy atom. The van der Waals surface area contributed by atoms with Crippen LogP contribution in [0.5, 0.6) is 0 Å². The monoisotopic (exact) mass is 510 g/mol. The number of pyridine rings is 1. The van der Waals surface area contributed by atoms with Crippen LogP contribution in [0.1, 0.15) is 16.1 Å². The minimum atomic E-state index is -4.75. The van der Waals surface area contributed by atoms with Crippen molar-refractivity contribution in [1.29, 1.82) is 0 Å². The molecule has 6 nitrogen and oxygen atoms in total. The second-order valence-electron chi connectivity index (χ2n) is 7.97. The fourth-order valence-electron chi connectivity index (χ4n) is 4.09. The fraction of sp³-hybridized carbons (Fsp3) is 0.217. The van der Waals surface area contributed by atoms with Crippen molar-refractivity contribution >= 4 is 28.8 Å². The van der Waals surface area contributed by atoms with Gasteiger partial charge in [0.05, 0.1) is 23.8 Å². The van der Waals surface area contributed by atoms with Crippen LogP contribution in [0.15, 0.2) is 53.5 Å². The second-order valence-corrected chi connectivity index (χ2v) is 8.33. The second kappa shape index (κ2) is 8.56. The third-order valence-electron chi connectivity index (χ3n) is 5.84. The number of furan rings is 1. The average Bonchev–Trinajstić information content (AvgIpc) is 3.46. The molecule has 3 aromatic heterocycles. The van der Waals surface area contributed by atoms with Gasteiger partial charge in [-0.1, -0.05) is 11.6 Å². The van der Waals surface area contributed by atoms with Gasteiger partial charge in [-0.05, 0) is 24.3 Å². The van der Waals surface area contributed by atoms with Crippen LogP contribution in [0.25, 0.3) is 16.8 Å². The minimum absolute atomic E-state index is 0.145. The van der Waals surface area contributed by atoms with E-state index in [0.717, 1.165) is 22.6 Å². The van der Waals surface area contributed by atoms with Gasteiger partial charge in [-0.3, -0.25) is 9.20 Å². The topological polar surface area (TPSA) is 54.0 Å². The minimum Gasteiger partial charge on any atom is -0.472 e. The zero-order valence-corrected chi connectivity index (χ0v) is 18.6. The molecule has 1 amide bonds. The number of imidazole rings is 1. The van der Waals surface area contributed by atoms with Crippen molar-refractivity contribution in [3.63, 3.8) is 0 Å². The number of alkyl halides is 3. The Hall–Kier alpha value is -3.60. The maximum atomic E-state index is 14.1. The molecule has 0 N–H and O–H groups in total. The third-order valence-corrected chi connectivity index (χ3v) is 6.20. The van der Waals surface area contributed by atoms with Crippen LogP contribution in [0.4, 0.5) is 27.6 Å². The van der Waals surface area contributed by atoms with Gasteiger partial charge in [-0.15, -0.1) is 0 Å². The maximum Gasteiger partial charge on any atom is 0.420 e. The van der Waals surface area contributed by atoms with Gasteiger partial charge in [0.1, 0.15) is 16.8 Å². The smallest absolute Gasteiger partial charge is 0.420 e. The predicted octanol–water partition coefficient (Wildman–Crippen LogP) is 5.51. The lowest BCUT2D eigenvalue weighted by Crippen LogP contribution is -2.49. The summed E-state index contributed by atoms with van der Waals surface area (Å²) in [5, 5.41) is -0.257. The van der Waals surface area contributed by atoms with E-state index in [2.05, 4.69) is 4.98 Å². The van der Waals surface area contributed by atoms with Gasteiger partial charge >= 0.3 is 6.18 Å². The van der Waals surface area contributed by atoms with Crippen molar-refractivity contribution in [2.75, 3.05) is 31.1 Å². The Kier molecular flexibility index (Phi) is 5.66. The first kappa shape index (κ1) is 23.2. The van der Waals surface area contributed by atoms with Crippen molar-refractivity contribution < 1.29 is 31.2 Å². The summed E-state index contributed by atoms with van der Waals surface area (Å²) in [7, 11) is 0. The number of nitrogens with zero attached hydrogens (tertiary/aromatic N) is 4. The van der Waals surface area contributed by atoms with Crippen LogP contribution in [-0.4, -0.2) is 46.4 Å². The lowest BCUT2D eigenvalue weighted by molar-refractivity contribution is -0.136. The summed E-state index contributed by atoms with van der Waals surface area (Å²) >= 11 is 6.35. The van der Waals surface area contributed by atoms with Crippen LogP contribution in [0, 0.1) is 11.6 Å². The number of carbonyl (C=O) groups is 1. The van der Waals surface area contributed by atoms with Crippen LogP contribution in [0.2, 0.25) is 5.15 Å². The molecule has 5 rings (SSSR count). The van der Waals surface area contributed by atoms with Crippen molar-refractivity contribution in [1.82, 2.24) is 14.3 Å². The molecule has 1 fully saturated rings. The first-order chi connectivity index (χ1) is 16.6. The molecule has 35 heavy (non-hydrogen) atoms. The molecule has 0 bridgehead atoms. The number of hydrogen-bond acceptors (Lipinski definition) is 4. The standard InChI is InChI=1S/C23H16ClF5N4O2/c24-20-19(22(34)32-6-4-31(5-7-32)18-2-1-15(25)10-17(18)26)30-21-16(23(27,28)29)9-14(11-33(20)21)13-3-8-35-12-13/h1-3,8-12H,4-7H2. The zero-order chi connectivity index (χ0) is 24.9. The summed E-state index contributed by atoms with van der Waals surface area (Å²) in [5.41, 5.74) is -1.07. The molecule has 1 aliphatic heterocycles. The molecule has 0 radical (unpaired) electrons. The van der Waals surface area contributed by atoms with Gasteiger partial charge in [0, 0.05) is 49.6 Å². The molecule has 182 valence electrons. The number of amides is 1. The SMILES string of the molecule is O=C(c1nc2c(C(F)(F)F)cc(-c3ccoc3)cn2c1Cl)N1CCN(c2ccc(F)cc2F)CC1. The van der Waals surface area contributed by atoms with Crippen molar-refractivity contribution in [2.45, 2.75) is 6.18 Å². The third kappa shape index (κ3) is 4.20. The molecule has 1 aliphatic rings. The van der Waals surface area contributed by atoms with Crippen LogP contribution in [0.3, 0.4) is 0 Å². The Bertz CT molecular complexity index is 1410. The number of anilines is 1. The molecule has 12 heteroatoms. The highest BCUT2D eigenvalue weighted by molar-refractivity contribution is 6.33. The molecule has 0 atom stereocenters. The molecule has 0 unspecified atom stereocenters. The first-order valence-electron chi connectivity index (χ1n) is 10.4. The van der Waals surface area contributed by atoms with E-state index >= 15 is 0 Å². The normalized spacial score (nSPS) is 14.7. The Morgan fingerprint density at radius 3 is 2.40 bits per heavy atom. The quantitative estimate of drug-likeness (QED) is 0.341. The Morgan fingerprint density at radius 1 is 1.03 bits per heavy atom. The number of fused-ring (bicyclic) bond motifs is 1. The van der Waals surface area contributed by atoms with Gasteiger partial charge in [0.15, 0.2) is 11.3 Å². The molecule has 4 aromatic rings. The lowest BCUT2D eigenvalue weighted by Gasteiger charge is -2.36. The zero-order valence-electron chi connectivity index (χ0n) is 17.8. The number of hydrogen-bond donors (Lipinski definition) is 0. The van der Waals surface area contributed by atoms with Gasteiger partial charge in [0.25, 0.3) is 5.91 Å². The largest absolute Gasteiger partial charge is 0.472 e. The summed E-state index contributed by atoms with van der Waals surface area (Å²) in [5.74, 6) is -2.06. The van der Waals surface area contributed by atoms with Crippen molar-refractivity contribution in [3.8, 4) is 11.1 Å². The summed E-state index contributed by atoms with van der Waals surface area (Å²) in [6.45, 7) is 0.758. The predicted molar refractivity (Wildman–Crippen MR) is 117 cm³/mol. The van der Waals surface area contributed by atoms with Gasteiger partial charge in [-0.2, -0.15) is 13.2 Å². The van der Waals surface area contributed by atoms with Gasteiger partial charge in [-0.25, -0.2) is 13.8 Å². The number of piperazine rings is 1. The summed E-state index contributed by atoms with van der Waals surface area (Å²) in [6, 6.07) is 5.66. The molecule has 4 heterocycles. The lowest BCUT2D eigenvalue weighted by atomic mass is 10.1. The van der Waals surface area contributed by atoms with E-state index in [0.29, 0.717) is 5.56 Å². The van der Waals surface area contributed by atoms with E-state index in [1.54, 1.807) is 4.90 Å². The molecule has 0 saturated carbocycles. The van der Waals surface area contributed by atoms with Crippen LogP contribution < -0.4 is 4.90 Å². The van der Waals surface area contributed by atoms with Gasteiger partial charge in [0.2, 0.25) is 0 Å². The summed E-state index contributed by atoms with van der Waals surface area (Å²) < 4.78 is 74.8. The van der Waals surface area contributed by atoms with Crippen LogP contribution >= 0.6 is 11.6 Å². The van der Waals surface area contributed by atoms with E-state index in [9.17, 15) is 26.7 Å². The van der Waals surface area contributed by atoms with Gasteiger partial charge < -0.3 is 14.2 Å². The molecular weight excluding hydrogens is 495 g/mol. The Balaban J connectivity index is 1.45. The van der Waals surface area contributed by atoms with E-state index in [-0.39, 0.29) is 48.3 Å². The van der Waals surface area contributed by atoms with E-state index in [1.165, 1.54) is 35.8 Å². The number of aromatic nitrogens is 2. The van der Waals surface area contributed by atoms with E-state index in [1.807, 2.05) is 0 Å². The summed E-state index contributed by atoms with van der Waals surface area (Å²) in [6.07, 6.45) is -0.770. The van der Waals surface area contributed by atoms with Crippen LogP contribution in [-0.2, 0) is 6.18 Å². The highest BCUT2D eigenvalue weighted by atomic mass is 35.5. The van der Waals surface area contributed by atoms with Crippen molar-refractivity contribution in [3.05, 3.63) is 77.1 Å². The first-order valence-corrected chi connectivity index (χ1v) is 10.8. The Labute approximate surface area is 200 Å². The summed E-state index contributed by atoms with van der Waals surface area (Å²) in [4.78, 5) is 20.1. The fourth-order valence-corrected chi connectivity index (χ4v) is 4.34. The molecular formula is C23H16ClF5N4O2. The molecule has 1 aromatic carbocycles. The molecule has 1 saturated heterocycles. The number of halogens is 6.